The summed E-state index contributed by atoms with van der Waals surface area (Å²) in [5.74, 6) is 2.42. The highest BCUT2D eigenvalue weighted by Crippen LogP contribution is 2.20. The largest absolute Gasteiger partial charge is 0.489 e. The first kappa shape index (κ1) is 24.5. The number of rotatable bonds is 7. The maximum Gasteiger partial charge on any atom is 0.220 e. The van der Waals surface area contributed by atoms with Crippen LogP contribution in [0.4, 0.5) is 0 Å². The molecule has 0 radical (unpaired) electrons. The highest BCUT2D eigenvalue weighted by Gasteiger charge is 2.23. The average molecular weight is 502 g/mol. The molecule has 1 amide bonds. The van der Waals surface area contributed by atoms with Gasteiger partial charge in [-0.05, 0) is 51.7 Å². The van der Waals surface area contributed by atoms with Gasteiger partial charge in [0.2, 0.25) is 5.91 Å². The first-order valence-electron chi connectivity index (χ1n) is 9.99. The first-order chi connectivity index (χ1) is 13.0. The molecule has 1 atom stereocenters. The van der Waals surface area contributed by atoms with Crippen molar-refractivity contribution in [1.29, 1.82) is 0 Å². The van der Waals surface area contributed by atoms with Crippen LogP contribution < -0.4 is 15.4 Å². The van der Waals surface area contributed by atoms with Gasteiger partial charge in [-0.25, -0.2) is 4.99 Å². The summed E-state index contributed by atoms with van der Waals surface area (Å²) in [5, 5.41) is 6.11. The van der Waals surface area contributed by atoms with E-state index in [1.54, 1.807) is 7.05 Å². The zero-order valence-corrected chi connectivity index (χ0v) is 19.9. The predicted octanol–water partition coefficient (Wildman–Crippen LogP) is 3.19. The van der Waals surface area contributed by atoms with E-state index in [0.29, 0.717) is 18.9 Å². The Bertz CT molecular complexity index is 613. The molecule has 1 aliphatic rings. The third-order valence-corrected chi connectivity index (χ3v) is 4.86. The highest BCUT2D eigenvalue weighted by atomic mass is 127. The molecule has 0 aromatic heterocycles. The van der Waals surface area contributed by atoms with Crippen molar-refractivity contribution in [3.8, 4) is 5.75 Å². The van der Waals surface area contributed by atoms with Crippen LogP contribution in [0.1, 0.15) is 38.7 Å². The molecule has 1 fully saturated rings. The van der Waals surface area contributed by atoms with Gasteiger partial charge in [-0.2, -0.15) is 0 Å². The standard InChI is InChI=1S/C21H34N4O2.HI/c1-5-23-21(25-12-10-18(11-13-25)14-20(26)22-4)24-15-17(3)27-19-8-6-16(2)7-9-19;/h6-9,17-18H,5,10-15H2,1-4H3,(H,22,26)(H,23,24);1H. The fourth-order valence-corrected chi connectivity index (χ4v) is 3.24. The van der Waals surface area contributed by atoms with Crippen LogP contribution in [0.3, 0.4) is 0 Å². The molecule has 1 saturated heterocycles. The second-order valence-electron chi connectivity index (χ2n) is 7.24. The molecule has 1 unspecified atom stereocenters. The number of guanidine groups is 1. The number of piperidine rings is 1. The molecule has 6 nitrogen and oxygen atoms in total. The lowest BCUT2D eigenvalue weighted by atomic mass is 9.93. The Morgan fingerprint density at radius 2 is 1.93 bits per heavy atom. The minimum atomic E-state index is 0. The zero-order valence-electron chi connectivity index (χ0n) is 17.5. The number of carbonyl (C=O) groups excluding carboxylic acids is 1. The van der Waals surface area contributed by atoms with E-state index in [0.717, 1.165) is 44.2 Å². The van der Waals surface area contributed by atoms with Gasteiger partial charge < -0.3 is 20.3 Å². The molecule has 2 N–H and O–H groups in total. The molecule has 0 aliphatic carbocycles. The Morgan fingerprint density at radius 1 is 1.29 bits per heavy atom. The van der Waals surface area contributed by atoms with Crippen molar-refractivity contribution in [3.63, 3.8) is 0 Å². The maximum atomic E-state index is 11.6. The Hall–Kier alpha value is -1.51. The van der Waals surface area contributed by atoms with Gasteiger partial charge in [0.15, 0.2) is 5.96 Å². The Labute approximate surface area is 186 Å². The van der Waals surface area contributed by atoms with Gasteiger partial charge in [0.25, 0.3) is 0 Å². The summed E-state index contributed by atoms with van der Waals surface area (Å²) in [5.41, 5.74) is 1.22. The molecule has 1 aromatic rings. The number of carbonyl (C=O) groups is 1. The van der Waals surface area contributed by atoms with E-state index in [4.69, 9.17) is 9.73 Å². The lowest BCUT2D eigenvalue weighted by Crippen LogP contribution is -2.46. The van der Waals surface area contributed by atoms with Crippen LogP contribution in [0.15, 0.2) is 29.3 Å². The number of aryl methyl sites for hydroxylation is 1. The fourth-order valence-electron chi connectivity index (χ4n) is 3.24. The number of benzene rings is 1. The van der Waals surface area contributed by atoms with Crippen LogP contribution in [-0.2, 0) is 4.79 Å². The molecule has 158 valence electrons. The first-order valence-corrected chi connectivity index (χ1v) is 9.99. The van der Waals surface area contributed by atoms with Gasteiger partial charge in [-0.3, -0.25) is 4.79 Å². The third kappa shape index (κ3) is 8.24. The van der Waals surface area contributed by atoms with Crippen molar-refractivity contribution in [3.05, 3.63) is 29.8 Å². The number of hydrogen-bond donors (Lipinski definition) is 2. The van der Waals surface area contributed by atoms with E-state index in [1.165, 1.54) is 5.56 Å². The van der Waals surface area contributed by atoms with E-state index in [2.05, 4.69) is 41.5 Å². The Balaban J connectivity index is 0.00000392. The number of nitrogens with zero attached hydrogens (tertiary/aromatic N) is 2. The molecule has 7 heteroatoms. The van der Waals surface area contributed by atoms with E-state index >= 15 is 0 Å². The quantitative estimate of drug-likeness (QED) is 0.342. The molecule has 0 bridgehead atoms. The number of aliphatic imine (C=N–C) groups is 1. The number of likely N-dealkylation sites (tertiary alicyclic amines) is 1. The van der Waals surface area contributed by atoms with E-state index < -0.39 is 0 Å². The minimum Gasteiger partial charge on any atom is -0.489 e. The molecule has 1 aliphatic heterocycles. The topological polar surface area (TPSA) is 66.0 Å². The van der Waals surface area contributed by atoms with E-state index in [1.807, 2.05) is 19.1 Å². The number of amides is 1. The summed E-state index contributed by atoms with van der Waals surface area (Å²) in [6, 6.07) is 8.10. The number of ether oxygens (including phenoxy) is 1. The smallest absolute Gasteiger partial charge is 0.220 e. The number of hydrogen-bond acceptors (Lipinski definition) is 3. The van der Waals surface area contributed by atoms with Crippen molar-refractivity contribution in [2.24, 2.45) is 10.9 Å². The van der Waals surface area contributed by atoms with Crippen LogP contribution in [0, 0.1) is 12.8 Å². The summed E-state index contributed by atoms with van der Waals surface area (Å²) in [4.78, 5) is 18.6. The van der Waals surface area contributed by atoms with Crippen molar-refractivity contribution in [2.45, 2.75) is 46.1 Å². The lowest BCUT2D eigenvalue weighted by Gasteiger charge is -2.34. The lowest BCUT2D eigenvalue weighted by molar-refractivity contribution is -0.121. The summed E-state index contributed by atoms with van der Waals surface area (Å²) in [7, 11) is 1.70. The van der Waals surface area contributed by atoms with Gasteiger partial charge in [0.05, 0.1) is 6.54 Å². The summed E-state index contributed by atoms with van der Waals surface area (Å²) in [6.07, 6.45) is 2.67. The number of halogens is 1. The Kier molecular flexibility index (Phi) is 11.3. The van der Waals surface area contributed by atoms with Crippen molar-refractivity contribution in [1.82, 2.24) is 15.5 Å². The fraction of sp³-hybridized carbons (Fsp3) is 0.619. The summed E-state index contributed by atoms with van der Waals surface area (Å²) in [6.45, 7) is 9.50. The number of nitrogens with one attached hydrogen (secondary N) is 2. The second kappa shape index (κ2) is 12.9. The van der Waals surface area contributed by atoms with Crippen LogP contribution in [0.25, 0.3) is 0 Å². The second-order valence-corrected chi connectivity index (χ2v) is 7.24. The molecule has 1 heterocycles. The predicted molar refractivity (Wildman–Crippen MR) is 126 cm³/mol. The molecule has 28 heavy (non-hydrogen) atoms. The van der Waals surface area contributed by atoms with Gasteiger partial charge >= 0.3 is 0 Å². The molecule has 0 saturated carbocycles. The van der Waals surface area contributed by atoms with E-state index in [9.17, 15) is 4.79 Å². The van der Waals surface area contributed by atoms with Crippen LogP contribution in [-0.4, -0.2) is 56.1 Å². The van der Waals surface area contributed by atoms with Crippen LogP contribution in [0.5, 0.6) is 5.75 Å². The van der Waals surface area contributed by atoms with E-state index in [-0.39, 0.29) is 36.0 Å². The molecular formula is C21H35IN4O2. The Morgan fingerprint density at radius 3 is 2.50 bits per heavy atom. The van der Waals surface area contributed by atoms with Crippen molar-refractivity contribution in [2.75, 3.05) is 33.2 Å². The normalized spacial score (nSPS) is 16.1. The molecule has 0 spiro atoms. The van der Waals surface area contributed by atoms with Crippen molar-refractivity contribution >= 4 is 35.8 Å². The minimum absolute atomic E-state index is 0. The zero-order chi connectivity index (χ0) is 19.6. The summed E-state index contributed by atoms with van der Waals surface area (Å²) >= 11 is 0. The van der Waals surface area contributed by atoms with Crippen LogP contribution >= 0.6 is 24.0 Å². The highest BCUT2D eigenvalue weighted by molar-refractivity contribution is 14.0. The maximum absolute atomic E-state index is 11.6. The monoisotopic (exact) mass is 502 g/mol. The summed E-state index contributed by atoms with van der Waals surface area (Å²) < 4.78 is 5.96. The molecule has 2 rings (SSSR count). The van der Waals surface area contributed by atoms with Gasteiger partial charge in [0.1, 0.15) is 11.9 Å². The third-order valence-electron chi connectivity index (χ3n) is 4.86. The molecular weight excluding hydrogens is 467 g/mol. The van der Waals surface area contributed by atoms with Gasteiger partial charge in [0, 0.05) is 33.1 Å². The molecule has 1 aromatic carbocycles. The average Bonchev–Trinajstić information content (AvgIpc) is 2.67. The van der Waals surface area contributed by atoms with Crippen LogP contribution in [0.2, 0.25) is 0 Å². The van der Waals surface area contributed by atoms with Gasteiger partial charge in [-0.15, -0.1) is 24.0 Å². The van der Waals surface area contributed by atoms with Crippen molar-refractivity contribution < 1.29 is 9.53 Å². The SMILES string of the molecule is CCNC(=NCC(C)Oc1ccc(C)cc1)N1CCC(CC(=O)NC)CC1.I. The van der Waals surface area contributed by atoms with Gasteiger partial charge in [-0.1, -0.05) is 17.7 Å².